The van der Waals surface area contributed by atoms with Gasteiger partial charge in [-0.2, -0.15) is 0 Å². The maximum absolute atomic E-state index is 12.6. The van der Waals surface area contributed by atoms with E-state index in [0.717, 1.165) is 36.4 Å². The molecule has 6 nitrogen and oxygen atoms in total. The summed E-state index contributed by atoms with van der Waals surface area (Å²) in [7, 11) is -2.85. The van der Waals surface area contributed by atoms with Crippen LogP contribution < -0.4 is 9.64 Å². The summed E-state index contributed by atoms with van der Waals surface area (Å²) in [6.07, 6.45) is 0.750. The van der Waals surface area contributed by atoms with Gasteiger partial charge in [0.2, 0.25) is 0 Å². The van der Waals surface area contributed by atoms with Crippen LogP contribution in [0, 0.1) is 6.92 Å². The molecule has 2 aliphatic heterocycles. The van der Waals surface area contributed by atoms with Crippen LogP contribution in [0.1, 0.15) is 37.3 Å². The van der Waals surface area contributed by atoms with E-state index in [-0.39, 0.29) is 18.6 Å². The zero-order valence-corrected chi connectivity index (χ0v) is 17.3. The zero-order chi connectivity index (χ0) is 19.6. The van der Waals surface area contributed by atoms with E-state index in [4.69, 9.17) is 4.74 Å². The number of amides is 1. The predicted molar refractivity (Wildman–Crippen MR) is 105 cm³/mol. The van der Waals surface area contributed by atoms with Crippen LogP contribution in [-0.2, 0) is 14.6 Å². The average molecular weight is 396 g/mol. The Balaban J connectivity index is 1.51. The lowest BCUT2D eigenvalue weighted by atomic mass is 10.0. The van der Waals surface area contributed by atoms with E-state index >= 15 is 0 Å². The van der Waals surface area contributed by atoms with Gasteiger partial charge in [-0.25, -0.2) is 8.42 Å². The summed E-state index contributed by atoms with van der Waals surface area (Å²) >= 11 is 0. The van der Waals surface area contributed by atoms with Gasteiger partial charge in [0.1, 0.15) is 17.5 Å². The average Bonchev–Trinajstić information content (AvgIpc) is 2.99. The predicted octanol–water partition coefficient (Wildman–Crippen LogP) is 0.411. The molecule has 3 rings (SSSR count). The van der Waals surface area contributed by atoms with Crippen molar-refractivity contribution in [3.05, 3.63) is 29.3 Å². The molecule has 0 bridgehead atoms. The number of carbonyl (C=O) groups excluding carboxylic acids is 1. The molecule has 1 amide bonds. The number of piperazine rings is 1. The molecular formula is C20H31N2O4S+. The lowest BCUT2D eigenvalue weighted by Crippen LogP contribution is -3.18. The third-order valence-corrected chi connectivity index (χ3v) is 7.48. The van der Waals surface area contributed by atoms with E-state index < -0.39 is 9.84 Å². The Kier molecular flexibility index (Phi) is 6.11. The van der Waals surface area contributed by atoms with Gasteiger partial charge in [-0.15, -0.1) is 0 Å². The van der Waals surface area contributed by atoms with Crippen LogP contribution in [0.25, 0.3) is 0 Å². The Hall–Kier alpha value is -1.60. The summed E-state index contributed by atoms with van der Waals surface area (Å²) in [5, 5.41) is 0. The van der Waals surface area contributed by atoms with E-state index in [2.05, 4.69) is 26.0 Å². The Morgan fingerprint density at radius 3 is 2.59 bits per heavy atom. The van der Waals surface area contributed by atoms with E-state index in [0.29, 0.717) is 30.5 Å². The molecule has 0 aliphatic carbocycles. The van der Waals surface area contributed by atoms with E-state index in [9.17, 15) is 13.2 Å². The van der Waals surface area contributed by atoms with Crippen molar-refractivity contribution in [2.24, 2.45) is 0 Å². The lowest BCUT2D eigenvalue weighted by Gasteiger charge is -2.35. The maximum atomic E-state index is 12.6. The smallest absolute Gasteiger partial charge is 0.260 e. The fourth-order valence-corrected chi connectivity index (χ4v) is 5.87. The third kappa shape index (κ3) is 5.02. The quantitative estimate of drug-likeness (QED) is 0.784. The SMILES string of the molecule is Cc1ccc(C(C)C)c(OCC(=O)N2CC[NH+]([C@H]3CCS(=O)(=O)C3)CC2)c1. The summed E-state index contributed by atoms with van der Waals surface area (Å²) in [6.45, 7) is 9.26. The number of hydrogen-bond donors (Lipinski definition) is 1. The molecule has 2 fully saturated rings. The van der Waals surface area contributed by atoms with Gasteiger partial charge in [-0.1, -0.05) is 26.0 Å². The van der Waals surface area contributed by atoms with Gasteiger partial charge in [0.15, 0.2) is 16.4 Å². The molecule has 7 heteroatoms. The van der Waals surface area contributed by atoms with Crippen molar-refractivity contribution in [2.45, 2.75) is 39.2 Å². The molecule has 2 aliphatic rings. The van der Waals surface area contributed by atoms with Gasteiger partial charge in [0.05, 0.1) is 31.9 Å². The van der Waals surface area contributed by atoms with Crippen LogP contribution in [0.2, 0.25) is 0 Å². The fraction of sp³-hybridized carbons (Fsp3) is 0.650. The van der Waals surface area contributed by atoms with Gasteiger partial charge in [-0.3, -0.25) is 4.79 Å². The summed E-state index contributed by atoms with van der Waals surface area (Å²) in [4.78, 5) is 15.7. The molecule has 0 saturated carbocycles. The number of hydrogen-bond acceptors (Lipinski definition) is 4. The monoisotopic (exact) mass is 395 g/mol. The number of nitrogens with one attached hydrogen (secondary N) is 1. The second kappa shape index (κ2) is 8.19. The van der Waals surface area contributed by atoms with E-state index in [1.165, 1.54) is 4.90 Å². The first-order valence-corrected chi connectivity index (χ1v) is 11.6. The normalized spacial score (nSPS) is 23.0. The van der Waals surface area contributed by atoms with Crippen molar-refractivity contribution in [3.8, 4) is 5.75 Å². The first-order chi connectivity index (χ1) is 12.7. The molecule has 1 atom stereocenters. The molecule has 1 N–H and O–H groups in total. The molecule has 150 valence electrons. The van der Waals surface area contributed by atoms with Gasteiger partial charge in [0.25, 0.3) is 5.91 Å². The van der Waals surface area contributed by atoms with Crippen LogP contribution >= 0.6 is 0 Å². The molecule has 1 aromatic rings. The third-order valence-electron chi connectivity index (χ3n) is 5.71. The highest BCUT2D eigenvalue weighted by molar-refractivity contribution is 7.91. The maximum Gasteiger partial charge on any atom is 0.260 e. The zero-order valence-electron chi connectivity index (χ0n) is 16.5. The fourth-order valence-electron chi connectivity index (χ4n) is 4.04. The number of nitrogens with zero attached hydrogens (tertiary/aromatic N) is 1. The van der Waals surface area contributed by atoms with Crippen LogP contribution in [0.3, 0.4) is 0 Å². The molecule has 27 heavy (non-hydrogen) atoms. The minimum Gasteiger partial charge on any atom is -0.483 e. The van der Waals surface area contributed by atoms with Gasteiger partial charge >= 0.3 is 0 Å². The molecule has 0 unspecified atom stereocenters. The Morgan fingerprint density at radius 2 is 2.00 bits per heavy atom. The standard InChI is InChI=1S/C20H30N2O4S/c1-15(2)18-5-4-16(3)12-19(18)26-13-20(23)22-9-7-21(8-10-22)17-6-11-27(24,25)14-17/h4-5,12,15,17H,6-11,13-14H2,1-3H3/p+1/t17-/m0/s1. The minimum atomic E-state index is -2.85. The second-order valence-electron chi connectivity index (χ2n) is 8.12. The minimum absolute atomic E-state index is 0.00399. The summed E-state index contributed by atoms with van der Waals surface area (Å²) in [6, 6.07) is 6.32. The van der Waals surface area contributed by atoms with E-state index in [1.807, 2.05) is 17.9 Å². The molecule has 0 radical (unpaired) electrons. The van der Waals surface area contributed by atoms with E-state index in [1.54, 1.807) is 0 Å². The van der Waals surface area contributed by atoms with Crippen molar-refractivity contribution in [3.63, 3.8) is 0 Å². The van der Waals surface area contributed by atoms with Crippen LogP contribution in [0.15, 0.2) is 18.2 Å². The van der Waals surface area contributed by atoms with Crippen molar-refractivity contribution in [1.29, 1.82) is 0 Å². The van der Waals surface area contributed by atoms with Crippen molar-refractivity contribution in [2.75, 3.05) is 44.3 Å². The number of rotatable bonds is 5. The number of aryl methyl sites for hydroxylation is 1. The van der Waals surface area contributed by atoms with Crippen LogP contribution in [0.4, 0.5) is 0 Å². The van der Waals surface area contributed by atoms with Crippen LogP contribution in [-0.4, -0.2) is 69.6 Å². The molecule has 2 heterocycles. The largest absolute Gasteiger partial charge is 0.483 e. The number of quaternary nitrogens is 1. The molecule has 0 spiro atoms. The highest BCUT2D eigenvalue weighted by Crippen LogP contribution is 2.27. The summed E-state index contributed by atoms with van der Waals surface area (Å²) in [5.41, 5.74) is 2.23. The lowest BCUT2D eigenvalue weighted by molar-refractivity contribution is -0.925. The van der Waals surface area contributed by atoms with Crippen molar-refractivity contribution < 1.29 is 22.8 Å². The second-order valence-corrected chi connectivity index (χ2v) is 10.4. The Labute approximate surface area is 162 Å². The van der Waals surface area contributed by atoms with Crippen molar-refractivity contribution >= 4 is 15.7 Å². The number of benzene rings is 1. The highest BCUT2D eigenvalue weighted by atomic mass is 32.2. The molecule has 1 aromatic carbocycles. The Bertz CT molecular complexity index is 783. The van der Waals surface area contributed by atoms with Crippen LogP contribution in [0.5, 0.6) is 5.75 Å². The first-order valence-electron chi connectivity index (χ1n) is 9.81. The highest BCUT2D eigenvalue weighted by Gasteiger charge is 2.37. The molecular weight excluding hydrogens is 364 g/mol. The van der Waals surface area contributed by atoms with Gasteiger partial charge in [-0.05, 0) is 30.0 Å². The number of carbonyl (C=O) groups is 1. The topological polar surface area (TPSA) is 68.1 Å². The molecule has 2 saturated heterocycles. The molecule has 0 aromatic heterocycles. The number of ether oxygens (including phenoxy) is 1. The summed E-state index contributed by atoms with van der Waals surface area (Å²) in [5.74, 6) is 1.74. The number of sulfone groups is 1. The Morgan fingerprint density at radius 1 is 1.30 bits per heavy atom. The van der Waals surface area contributed by atoms with Gasteiger partial charge in [0, 0.05) is 6.42 Å². The first kappa shape index (κ1) is 20.1. The van der Waals surface area contributed by atoms with Crippen molar-refractivity contribution in [1.82, 2.24) is 4.90 Å². The van der Waals surface area contributed by atoms with Gasteiger partial charge < -0.3 is 14.5 Å². The summed E-state index contributed by atoms with van der Waals surface area (Å²) < 4.78 is 29.2.